The van der Waals surface area contributed by atoms with Gasteiger partial charge in [-0.25, -0.2) is 4.79 Å². The number of hydrogen-bond donors (Lipinski definition) is 0. The van der Waals surface area contributed by atoms with Gasteiger partial charge in [0.15, 0.2) is 5.78 Å². The summed E-state index contributed by atoms with van der Waals surface area (Å²) in [6.45, 7) is -0.359. The molecule has 0 radical (unpaired) electrons. The van der Waals surface area contributed by atoms with E-state index in [2.05, 4.69) is 9.53 Å². The molecule has 12 nitrogen and oxygen atoms in total. The van der Waals surface area contributed by atoms with Gasteiger partial charge in [-0.05, 0) is 18.1 Å². The number of carbonyl (C=O) groups is 3. The molecule has 3 atom stereocenters. The van der Waals surface area contributed by atoms with Gasteiger partial charge in [0, 0.05) is 15.4 Å². The quantitative estimate of drug-likeness (QED) is 0.0578. The lowest BCUT2D eigenvalue weighted by Gasteiger charge is -2.23. The van der Waals surface area contributed by atoms with E-state index >= 15 is 0 Å². The Morgan fingerprint density at radius 1 is 0.946 bits per heavy atom. The lowest BCUT2D eigenvalue weighted by molar-refractivity contribution is -0.484. The average molecular weight is 508 g/mol. The molecular formula is C25H24N4O8. The maximum Gasteiger partial charge on any atom is 0.442 e. The van der Waals surface area contributed by atoms with Gasteiger partial charge in [0.25, 0.3) is 5.78 Å². The van der Waals surface area contributed by atoms with Crippen molar-refractivity contribution in [1.29, 1.82) is 0 Å². The molecule has 0 aromatic heterocycles. The third-order valence-corrected chi connectivity index (χ3v) is 5.70. The minimum absolute atomic E-state index is 0.160. The van der Waals surface area contributed by atoms with Gasteiger partial charge in [0.05, 0.1) is 24.9 Å². The molecule has 2 rings (SSSR count). The molecule has 0 saturated heterocycles. The van der Waals surface area contributed by atoms with E-state index in [0.29, 0.717) is 11.1 Å². The zero-order valence-corrected chi connectivity index (χ0v) is 20.1. The highest BCUT2D eigenvalue weighted by molar-refractivity contribution is 6.63. The van der Waals surface area contributed by atoms with Crippen LogP contribution in [0.2, 0.25) is 0 Å². The molecule has 12 heteroatoms. The fourth-order valence-electron chi connectivity index (χ4n) is 4.00. The van der Waals surface area contributed by atoms with Crippen molar-refractivity contribution in [2.24, 2.45) is 5.92 Å². The number of rotatable bonds is 13. The maximum atomic E-state index is 13.5. The molecule has 0 N–H and O–H groups in total. The lowest BCUT2D eigenvalue weighted by atomic mass is 9.78. The Morgan fingerprint density at radius 3 is 1.89 bits per heavy atom. The Bertz CT molecular complexity index is 1250. The van der Waals surface area contributed by atoms with Crippen LogP contribution in [0.15, 0.2) is 72.3 Å². The summed E-state index contributed by atoms with van der Waals surface area (Å²) in [6, 6.07) is 15.9. The van der Waals surface area contributed by atoms with Crippen LogP contribution in [0.3, 0.4) is 0 Å². The van der Waals surface area contributed by atoms with E-state index in [-0.39, 0.29) is 5.57 Å². The molecule has 0 aliphatic heterocycles. The van der Waals surface area contributed by atoms with Gasteiger partial charge in [-0.1, -0.05) is 66.7 Å². The number of methoxy groups -OCH3 is 1. The number of allylic oxidation sites excluding steroid dienone is 1. The number of hydrogen-bond acceptors (Lipinski definition) is 8. The molecule has 2 aromatic rings. The summed E-state index contributed by atoms with van der Waals surface area (Å²) < 4.78 is 4.50. The Labute approximate surface area is 211 Å². The Morgan fingerprint density at radius 2 is 1.46 bits per heavy atom. The second-order valence-electron chi connectivity index (χ2n) is 8.02. The van der Waals surface area contributed by atoms with Crippen LogP contribution in [0.5, 0.6) is 0 Å². The number of Topliss-reactive ketones (excluding diaryl/α,β-unsaturated/α-hetero) is 2. The van der Waals surface area contributed by atoms with E-state index in [9.17, 15) is 40.1 Å². The second kappa shape index (κ2) is 13.3. The molecule has 192 valence electrons. The van der Waals surface area contributed by atoms with Crippen LogP contribution in [0.1, 0.15) is 29.9 Å². The minimum Gasteiger partial charge on any atom is -0.460 e. The molecule has 0 aliphatic carbocycles. The Kier molecular flexibility index (Phi) is 10.2. The highest BCUT2D eigenvalue weighted by atomic mass is 16.6. The molecule has 0 heterocycles. The summed E-state index contributed by atoms with van der Waals surface area (Å²) in [5, 5.41) is 23.1. The van der Waals surface area contributed by atoms with E-state index in [0.717, 1.165) is 20.1 Å². The fourth-order valence-corrected chi connectivity index (χ4v) is 4.00. The van der Waals surface area contributed by atoms with Crippen LogP contribution in [0.4, 0.5) is 0 Å². The summed E-state index contributed by atoms with van der Waals surface area (Å²) in [4.78, 5) is 63.0. The molecule has 0 spiro atoms. The van der Waals surface area contributed by atoms with Crippen molar-refractivity contribution in [2.75, 3.05) is 20.2 Å². The van der Waals surface area contributed by atoms with Crippen molar-refractivity contribution in [1.82, 2.24) is 0 Å². The first kappa shape index (κ1) is 28.4. The van der Waals surface area contributed by atoms with Crippen LogP contribution >= 0.6 is 0 Å². The van der Waals surface area contributed by atoms with E-state index in [4.69, 9.17) is 0 Å². The lowest BCUT2D eigenvalue weighted by Crippen LogP contribution is -2.37. The van der Waals surface area contributed by atoms with E-state index in [1.165, 1.54) is 12.1 Å². The molecule has 0 aliphatic rings. The summed E-state index contributed by atoms with van der Waals surface area (Å²) in [5.41, 5.74) is 8.91. The molecule has 3 unspecified atom stereocenters. The monoisotopic (exact) mass is 508 g/mol. The van der Waals surface area contributed by atoms with Gasteiger partial charge in [-0.3, -0.25) is 29.8 Å². The van der Waals surface area contributed by atoms with Crippen LogP contribution in [-0.2, 0) is 19.1 Å². The van der Waals surface area contributed by atoms with E-state index < -0.39 is 63.9 Å². The SMILES string of the molecule is COC(=O)C(=[N+]=[N-])C(=O)C(/C=C(/C(C)=O)C(C[N+](=O)[O-])c1ccccc1)C(C[N+](=O)[O-])c1ccccc1. The van der Waals surface area contributed by atoms with Gasteiger partial charge in [0.1, 0.15) is 0 Å². The zero-order chi connectivity index (χ0) is 27.5. The van der Waals surface area contributed by atoms with Gasteiger partial charge in [-0.2, -0.15) is 4.79 Å². The summed E-state index contributed by atoms with van der Waals surface area (Å²) >= 11 is 0. The van der Waals surface area contributed by atoms with Crippen molar-refractivity contribution >= 4 is 23.2 Å². The van der Waals surface area contributed by atoms with E-state index in [1.54, 1.807) is 48.5 Å². The van der Waals surface area contributed by atoms with Crippen molar-refractivity contribution < 1.29 is 33.8 Å². The molecule has 2 aromatic carbocycles. The predicted octanol–water partition coefficient (Wildman–Crippen LogP) is 2.65. The Balaban J connectivity index is 2.85. The molecular weight excluding hydrogens is 484 g/mol. The summed E-state index contributed by atoms with van der Waals surface area (Å²) in [7, 11) is 0.945. The second-order valence-corrected chi connectivity index (χ2v) is 8.02. The van der Waals surface area contributed by atoms with Crippen LogP contribution < -0.4 is 0 Å². The Hall–Kier alpha value is -4.83. The van der Waals surface area contributed by atoms with Crippen molar-refractivity contribution in [2.45, 2.75) is 18.8 Å². The highest BCUT2D eigenvalue weighted by Crippen LogP contribution is 2.33. The number of ether oxygens (including phenoxy) is 1. The first-order valence-electron chi connectivity index (χ1n) is 11.0. The summed E-state index contributed by atoms with van der Waals surface area (Å²) in [6.07, 6.45) is 1.10. The minimum atomic E-state index is -1.59. The molecule has 0 bridgehead atoms. The standard InChI is InChI=1S/C25H24N4O8/c1-16(30)19(21(14-28(33)34)17-9-5-3-6-10-17)13-20(24(31)23(27-26)25(32)37-2)22(15-29(35)36)18-11-7-4-8-12-18/h3-13,20-22H,14-15H2,1-2H3/b19-13-. The van der Waals surface area contributed by atoms with Crippen molar-refractivity contribution in [3.63, 3.8) is 0 Å². The number of nitro groups is 2. The number of benzene rings is 2. The van der Waals surface area contributed by atoms with Gasteiger partial charge in [0.2, 0.25) is 13.1 Å². The molecule has 37 heavy (non-hydrogen) atoms. The van der Waals surface area contributed by atoms with Crippen LogP contribution in [-0.4, -0.2) is 58.1 Å². The summed E-state index contributed by atoms with van der Waals surface area (Å²) in [5.74, 6) is -7.00. The third-order valence-electron chi connectivity index (χ3n) is 5.70. The number of carbonyl (C=O) groups excluding carboxylic acids is 3. The first-order chi connectivity index (χ1) is 17.6. The molecule has 0 amide bonds. The largest absolute Gasteiger partial charge is 0.460 e. The maximum absolute atomic E-state index is 13.5. The van der Waals surface area contributed by atoms with Gasteiger partial charge >= 0.3 is 11.7 Å². The number of nitrogens with zero attached hydrogens (tertiary/aromatic N) is 4. The van der Waals surface area contributed by atoms with Crippen molar-refractivity contribution in [3.05, 3.63) is 109 Å². The molecule has 0 saturated carbocycles. The fraction of sp³-hybridized carbons (Fsp3) is 0.280. The topological polar surface area (TPSA) is 183 Å². The van der Waals surface area contributed by atoms with Gasteiger partial charge in [-0.15, -0.1) is 0 Å². The molecule has 0 fully saturated rings. The highest BCUT2D eigenvalue weighted by Gasteiger charge is 2.43. The van der Waals surface area contributed by atoms with Crippen LogP contribution in [0, 0.1) is 26.1 Å². The number of esters is 1. The number of ketones is 2. The predicted molar refractivity (Wildman–Crippen MR) is 130 cm³/mol. The average Bonchev–Trinajstić information content (AvgIpc) is 2.88. The third kappa shape index (κ3) is 7.58. The normalized spacial score (nSPS) is 13.4. The van der Waals surface area contributed by atoms with Crippen molar-refractivity contribution in [3.8, 4) is 0 Å². The smallest absolute Gasteiger partial charge is 0.442 e. The van der Waals surface area contributed by atoms with Crippen LogP contribution in [0.25, 0.3) is 5.53 Å². The zero-order valence-electron chi connectivity index (χ0n) is 20.1. The first-order valence-corrected chi connectivity index (χ1v) is 11.0. The van der Waals surface area contributed by atoms with Gasteiger partial charge < -0.3 is 10.3 Å². The van der Waals surface area contributed by atoms with E-state index in [1.807, 2.05) is 0 Å².